The van der Waals surface area contributed by atoms with E-state index in [4.69, 9.17) is 0 Å². The molecule has 1 N–H and O–H groups in total. The third-order valence-corrected chi connectivity index (χ3v) is 3.56. The van der Waals surface area contributed by atoms with Crippen molar-refractivity contribution < 1.29 is 8.78 Å². The Bertz CT molecular complexity index is 438. The van der Waals surface area contributed by atoms with Gasteiger partial charge in [-0.25, -0.2) is 8.78 Å². The summed E-state index contributed by atoms with van der Waals surface area (Å²) in [6.07, 6.45) is 3.48. The van der Waals surface area contributed by atoms with Crippen molar-refractivity contribution in [1.82, 2.24) is 10.2 Å². The predicted octanol–water partition coefficient (Wildman–Crippen LogP) is 3.72. The van der Waals surface area contributed by atoms with Crippen LogP contribution in [-0.4, -0.2) is 31.1 Å². The summed E-state index contributed by atoms with van der Waals surface area (Å²) in [7, 11) is 0. The number of nitrogens with one attached hydrogen (secondary N) is 1. The van der Waals surface area contributed by atoms with E-state index in [9.17, 15) is 8.78 Å². The molecule has 21 heavy (non-hydrogen) atoms. The average Bonchev–Trinajstić information content (AvgIpc) is 2.42. The molecule has 1 aliphatic heterocycles. The first-order valence-electron chi connectivity index (χ1n) is 6.73. The quantitative estimate of drug-likeness (QED) is 0.823. The molecular weight excluding hydrogens is 317 g/mol. The van der Waals surface area contributed by atoms with E-state index in [1.54, 1.807) is 6.07 Å². The Hall–Kier alpha value is -0.680. The van der Waals surface area contributed by atoms with Crippen LogP contribution >= 0.6 is 24.8 Å². The number of hydrogen-bond acceptors (Lipinski definition) is 2. The van der Waals surface area contributed by atoms with Gasteiger partial charge in [0.15, 0.2) is 0 Å². The smallest absolute Gasteiger partial charge is 0.130 e. The molecule has 2 rings (SSSR count). The lowest BCUT2D eigenvalue weighted by atomic mass is 9.99. The van der Waals surface area contributed by atoms with Gasteiger partial charge in [0.2, 0.25) is 0 Å². The van der Waals surface area contributed by atoms with E-state index in [-0.39, 0.29) is 30.9 Å². The highest BCUT2D eigenvalue weighted by Gasteiger charge is 2.24. The summed E-state index contributed by atoms with van der Waals surface area (Å²) in [6, 6.07) is 3.88. The van der Waals surface area contributed by atoms with Gasteiger partial charge in [0, 0.05) is 43.9 Å². The Kier molecular flexibility index (Phi) is 9.79. The highest BCUT2D eigenvalue weighted by molar-refractivity contribution is 5.85. The van der Waals surface area contributed by atoms with Crippen LogP contribution < -0.4 is 5.32 Å². The summed E-state index contributed by atoms with van der Waals surface area (Å²) in [5.41, 5.74) is 0.588. The summed E-state index contributed by atoms with van der Waals surface area (Å²) in [5.74, 6) is -0.975. The van der Waals surface area contributed by atoms with Crippen molar-refractivity contribution in [2.45, 2.75) is 18.9 Å². The maximum Gasteiger partial charge on any atom is 0.130 e. The zero-order chi connectivity index (χ0) is 13.7. The summed E-state index contributed by atoms with van der Waals surface area (Å²) in [6.45, 7) is 7.32. The molecule has 0 aromatic heterocycles. The van der Waals surface area contributed by atoms with Crippen LogP contribution in [0.4, 0.5) is 8.78 Å². The summed E-state index contributed by atoms with van der Waals surface area (Å²) in [5, 5.41) is 3.29. The highest BCUT2D eigenvalue weighted by atomic mass is 35.5. The fourth-order valence-electron chi connectivity index (χ4n) is 2.58. The molecule has 6 heteroatoms. The Morgan fingerprint density at radius 3 is 2.48 bits per heavy atom. The number of rotatable bonds is 5. The van der Waals surface area contributed by atoms with Gasteiger partial charge in [-0.05, 0) is 18.9 Å². The van der Waals surface area contributed by atoms with E-state index < -0.39 is 11.6 Å². The van der Waals surface area contributed by atoms with Crippen molar-refractivity contribution in [3.8, 4) is 0 Å². The molecule has 2 nitrogen and oxygen atoms in total. The van der Waals surface area contributed by atoms with Crippen LogP contribution in [0.5, 0.6) is 0 Å². The lowest BCUT2D eigenvalue weighted by Gasteiger charge is -2.35. The number of benzene rings is 1. The second-order valence-corrected chi connectivity index (χ2v) is 4.83. The molecule has 0 unspecified atom stereocenters. The average molecular weight is 339 g/mol. The van der Waals surface area contributed by atoms with E-state index in [2.05, 4.69) is 16.8 Å². The van der Waals surface area contributed by atoms with E-state index in [0.717, 1.165) is 45.1 Å². The van der Waals surface area contributed by atoms with Crippen LogP contribution in [0.25, 0.3) is 0 Å². The molecule has 0 aliphatic carbocycles. The van der Waals surface area contributed by atoms with Gasteiger partial charge in [-0.3, -0.25) is 4.90 Å². The molecule has 120 valence electrons. The van der Waals surface area contributed by atoms with Crippen LogP contribution in [0.2, 0.25) is 0 Å². The van der Waals surface area contributed by atoms with E-state index in [0.29, 0.717) is 5.56 Å². The molecule has 1 aromatic rings. The lowest BCUT2D eigenvalue weighted by Crippen LogP contribution is -2.45. The first-order chi connectivity index (χ1) is 9.22. The minimum Gasteiger partial charge on any atom is -0.314 e. The first-order valence-corrected chi connectivity index (χ1v) is 6.73. The van der Waals surface area contributed by atoms with Gasteiger partial charge in [0.05, 0.1) is 0 Å². The van der Waals surface area contributed by atoms with Gasteiger partial charge in [-0.2, -0.15) is 0 Å². The molecule has 1 aliphatic rings. The summed E-state index contributed by atoms with van der Waals surface area (Å²) < 4.78 is 27.0. The number of nitrogens with zero attached hydrogens (tertiary/aromatic N) is 1. The van der Waals surface area contributed by atoms with Crippen molar-refractivity contribution in [3.05, 3.63) is 48.1 Å². The zero-order valence-corrected chi connectivity index (χ0v) is 13.5. The molecule has 0 bridgehead atoms. The maximum atomic E-state index is 14.0. The van der Waals surface area contributed by atoms with Gasteiger partial charge in [0.25, 0.3) is 0 Å². The normalized spacial score (nSPS) is 16.5. The Labute approximate surface area is 137 Å². The number of hydrogen-bond donors (Lipinski definition) is 1. The van der Waals surface area contributed by atoms with Crippen molar-refractivity contribution in [2.24, 2.45) is 0 Å². The number of allylic oxidation sites excluding steroid dienone is 1. The topological polar surface area (TPSA) is 15.3 Å². The summed E-state index contributed by atoms with van der Waals surface area (Å²) >= 11 is 0. The van der Waals surface area contributed by atoms with Gasteiger partial charge in [0.1, 0.15) is 11.6 Å². The Balaban J connectivity index is 0.00000200. The van der Waals surface area contributed by atoms with Crippen LogP contribution in [0.15, 0.2) is 30.9 Å². The monoisotopic (exact) mass is 338 g/mol. The molecule has 1 aromatic carbocycles. The second kappa shape index (κ2) is 10.1. The molecule has 0 radical (unpaired) electrons. The molecule has 0 amide bonds. The third-order valence-electron chi connectivity index (χ3n) is 3.56. The standard InChI is InChI=1S/C15H20F2N2.2ClH/c1-2-3-4-15(19-9-7-18-8-10-19)13-6-5-12(16)11-14(13)17;;/h2,5-6,11,15,18H,1,3-4,7-10H2;2*1H/t15-;;/m0../s1. The molecule has 0 saturated carbocycles. The molecular formula is C15H22Cl2F2N2. The molecule has 0 spiro atoms. The van der Waals surface area contributed by atoms with Crippen molar-refractivity contribution in [2.75, 3.05) is 26.2 Å². The second-order valence-electron chi connectivity index (χ2n) is 4.83. The number of piperazine rings is 1. The van der Waals surface area contributed by atoms with Gasteiger partial charge in [-0.15, -0.1) is 31.4 Å². The fraction of sp³-hybridized carbons (Fsp3) is 0.467. The largest absolute Gasteiger partial charge is 0.314 e. The van der Waals surface area contributed by atoms with Gasteiger partial charge < -0.3 is 5.32 Å². The van der Waals surface area contributed by atoms with Crippen LogP contribution in [0, 0.1) is 11.6 Å². The van der Waals surface area contributed by atoms with Crippen LogP contribution in [0.1, 0.15) is 24.4 Å². The van der Waals surface area contributed by atoms with Gasteiger partial charge >= 0.3 is 0 Å². The molecule has 1 atom stereocenters. The van der Waals surface area contributed by atoms with Crippen LogP contribution in [0.3, 0.4) is 0 Å². The lowest BCUT2D eigenvalue weighted by molar-refractivity contribution is 0.163. The van der Waals surface area contributed by atoms with E-state index >= 15 is 0 Å². The Morgan fingerprint density at radius 2 is 1.90 bits per heavy atom. The minimum atomic E-state index is -0.524. The molecule has 1 heterocycles. The SMILES string of the molecule is C=CCC[C@@H](c1ccc(F)cc1F)N1CCNCC1.Cl.Cl. The Morgan fingerprint density at radius 1 is 1.24 bits per heavy atom. The zero-order valence-electron chi connectivity index (χ0n) is 11.9. The summed E-state index contributed by atoms with van der Waals surface area (Å²) in [4.78, 5) is 2.26. The highest BCUT2D eigenvalue weighted by Crippen LogP contribution is 2.28. The van der Waals surface area contributed by atoms with Gasteiger partial charge in [-0.1, -0.05) is 12.1 Å². The predicted molar refractivity (Wildman–Crippen MR) is 87.5 cm³/mol. The fourth-order valence-corrected chi connectivity index (χ4v) is 2.58. The maximum absolute atomic E-state index is 14.0. The van der Waals surface area contributed by atoms with Crippen LogP contribution in [-0.2, 0) is 0 Å². The van der Waals surface area contributed by atoms with Crippen molar-refractivity contribution >= 4 is 24.8 Å². The van der Waals surface area contributed by atoms with Crippen molar-refractivity contribution in [1.29, 1.82) is 0 Å². The number of halogens is 4. The minimum absolute atomic E-state index is 0. The molecule has 1 fully saturated rings. The third kappa shape index (κ3) is 5.55. The van der Waals surface area contributed by atoms with Crippen molar-refractivity contribution in [3.63, 3.8) is 0 Å². The van der Waals surface area contributed by atoms with E-state index in [1.165, 1.54) is 6.07 Å². The molecule has 1 saturated heterocycles. The van der Waals surface area contributed by atoms with E-state index in [1.807, 2.05) is 6.08 Å². The first kappa shape index (κ1) is 20.3.